The van der Waals surface area contributed by atoms with E-state index in [1.54, 1.807) is 0 Å². The van der Waals surface area contributed by atoms with E-state index in [9.17, 15) is 18.0 Å². The highest BCUT2D eigenvalue weighted by Gasteiger charge is 2.37. The predicted octanol–water partition coefficient (Wildman–Crippen LogP) is 4.38. The van der Waals surface area contributed by atoms with Gasteiger partial charge in [0.1, 0.15) is 6.73 Å². The van der Waals surface area contributed by atoms with E-state index in [0.717, 1.165) is 10.6 Å². The molecule has 1 aromatic carbocycles. The van der Waals surface area contributed by atoms with Crippen LogP contribution in [0.5, 0.6) is 0 Å². The third kappa shape index (κ3) is 4.58. The van der Waals surface area contributed by atoms with Crippen LogP contribution in [0.1, 0.15) is 5.69 Å². The van der Waals surface area contributed by atoms with Gasteiger partial charge in [-0.1, -0.05) is 31.2 Å². The average Bonchev–Trinajstić information content (AvgIpc) is 2.42. The van der Waals surface area contributed by atoms with Crippen molar-refractivity contribution in [3.05, 3.63) is 39.3 Å². The number of fused-ring (bicyclic) bond motifs is 1. The molecule has 0 bridgehead atoms. The molecule has 0 atom stereocenters. The molecule has 24 heavy (non-hydrogen) atoms. The van der Waals surface area contributed by atoms with Crippen molar-refractivity contribution in [1.29, 1.82) is 0 Å². The first-order valence-corrected chi connectivity index (χ1v) is 11.4. The van der Waals surface area contributed by atoms with E-state index < -0.39 is 25.5 Å². The highest BCUT2D eigenvalue weighted by Crippen LogP contribution is 2.27. The maximum atomic E-state index is 13.1. The van der Waals surface area contributed by atoms with Gasteiger partial charge in [0.15, 0.2) is 0 Å². The molecule has 0 amide bonds. The molecule has 2 rings (SSSR count). The van der Waals surface area contributed by atoms with Gasteiger partial charge in [-0.15, -0.1) is 0 Å². The number of hydrogen-bond acceptors (Lipinski definition) is 3. The first-order chi connectivity index (χ1) is 11.0. The Morgan fingerprint density at radius 1 is 1.29 bits per heavy atom. The number of hydrogen-bond donors (Lipinski definition) is 0. The van der Waals surface area contributed by atoms with Crippen molar-refractivity contribution in [2.45, 2.75) is 38.6 Å². The minimum atomic E-state index is -4.84. The summed E-state index contributed by atoms with van der Waals surface area (Å²) in [6.07, 6.45) is -4.84. The number of ether oxygens (including phenoxy) is 1. The normalized spacial score (nSPS) is 12.8. The molecule has 0 saturated carbocycles. The van der Waals surface area contributed by atoms with E-state index in [0.29, 0.717) is 6.61 Å². The molecule has 132 valence electrons. The zero-order valence-corrected chi connectivity index (χ0v) is 15.3. The summed E-state index contributed by atoms with van der Waals surface area (Å²) in [6, 6.07) is 5.11. The van der Waals surface area contributed by atoms with Crippen LogP contribution >= 0.6 is 11.6 Å². The molecule has 1 aromatic heterocycles. The van der Waals surface area contributed by atoms with Gasteiger partial charge in [0.25, 0.3) is 5.56 Å². The lowest BCUT2D eigenvalue weighted by atomic mass is 10.2. The number of rotatable bonds is 5. The van der Waals surface area contributed by atoms with E-state index in [1.165, 1.54) is 18.2 Å². The Balaban J connectivity index is 2.43. The topological polar surface area (TPSA) is 44.1 Å². The molecule has 0 N–H and O–H groups in total. The molecule has 0 aliphatic heterocycles. The summed E-state index contributed by atoms with van der Waals surface area (Å²) in [4.78, 5) is 15.6. The van der Waals surface area contributed by atoms with Gasteiger partial charge in [-0.25, -0.2) is 4.98 Å². The molecular weight excluding hydrogens is 361 g/mol. The van der Waals surface area contributed by atoms with Crippen molar-refractivity contribution in [1.82, 2.24) is 9.55 Å². The molecule has 4 nitrogen and oxygen atoms in total. The third-order valence-electron chi connectivity index (χ3n) is 3.39. The van der Waals surface area contributed by atoms with Gasteiger partial charge in [-0.2, -0.15) is 13.2 Å². The van der Waals surface area contributed by atoms with Gasteiger partial charge in [0.2, 0.25) is 5.69 Å². The SMILES string of the molecule is C[Si](C)(C)CCOCn1c(=O)c(C(F)(F)F)nc2cc(Cl)ccc21. The molecule has 1 heterocycles. The van der Waals surface area contributed by atoms with E-state index in [2.05, 4.69) is 24.6 Å². The summed E-state index contributed by atoms with van der Waals surface area (Å²) in [5, 5.41) is 0.243. The second-order valence-electron chi connectivity index (χ2n) is 6.67. The number of halogens is 4. The largest absolute Gasteiger partial charge is 0.438 e. The van der Waals surface area contributed by atoms with E-state index in [-0.39, 0.29) is 22.8 Å². The summed E-state index contributed by atoms with van der Waals surface area (Å²) in [6.45, 7) is 6.62. The van der Waals surface area contributed by atoms with Crippen molar-refractivity contribution < 1.29 is 17.9 Å². The minimum absolute atomic E-state index is 0.00298. The maximum Gasteiger partial charge on any atom is 0.438 e. The molecule has 9 heteroatoms. The molecule has 2 aromatic rings. The van der Waals surface area contributed by atoms with Crippen LogP contribution in [0.4, 0.5) is 13.2 Å². The van der Waals surface area contributed by atoms with Gasteiger partial charge in [0.05, 0.1) is 11.0 Å². The van der Waals surface area contributed by atoms with E-state index in [1.807, 2.05) is 0 Å². The van der Waals surface area contributed by atoms with Crippen molar-refractivity contribution in [3.63, 3.8) is 0 Å². The molecule has 0 unspecified atom stereocenters. The van der Waals surface area contributed by atoms with Crippen molar-refractivity contribution in [2.24, 2.45) is 0 Å². The minimum Gasteiger partial charge on any atom is -0.361 e. The Hall–Kier alpha value is -1.38. The fourth-order valence-electron chi connectivity index (χ4n) is 2.07. The summed E-state index contributed by atoms with van der Waals surface area (Å²) in [5.74, 6) is 0. The Bertz CT molecular complexity index is 800. The van der Waals surface area contributed by atoms with Crippen LogP contribution in [0, 0.1) is 0 Å². The highest BCUT2D eigenvalue weighted by atomic mass is 35.5. The number of nitrogens with zero attached hydrogens (tertiary/aromatic N) is 2. The van der Waals surface area contributed by atoms with Crippen LogP contribution in [0.15, 0.2) is 23.0 Å². The standard InChI is InChI=1S/C15H18ClF3N2O2Si/c1-24(2,3)7-6-23-9-21-12-5-4-10(16)8-11(12)20-13(14(21)22)15(17,18)19/h4-5,8H,6-7,9H2,1-3H3. The molecule has 0 aliphatic carbocycles. The molecule has 0 spiro atoms. The second-order valence-corrected chi connectivity index (χ2v) is 12.7. The Labute approximate surface area is 143 Å². The molecule has 0 radical (unpaired) electrons. The van der Waals surface area contributed by atoms with Crippen LogP contribution in [0.3, 0.4) is 0 Å². The molecular formula is C15H18ClF3N2O2Si. The summed E-state index contributed by atoms with van der Waals surface area (Å²) in [5.41, 5.74) is -2.43. The van der Waals surface area contributed by atoms with Gasteiger partial charge < -0.3 is 4.74 Å². The van der Waals surface area contributed by atoms with E-state index >= 15 is 0 Å². The van der Waals surface area contributed by atoms with Crippen LogP contribution in [0.2, 0.25) is 30.7 Å². The first-order valence-electron chi connectivity index (χ1n) is 7.34. The number of benzene rings is 1. The third-order valence-corrected chi connectivity index (χ3v) is 5.33. The van der Waals surface area contributed by atoms with Crippen LogP contribution in [-0.2, 0) is 17.6 Å². The lowest BCUT2D eigenvalue weighted by Crippen LogP contribution is -2.32. The highest BCUT2D eigenvalue weighted by molar-refractivity contribution is 6.76. The Morgan fingerprint density at radius 3 is 2.54 bits per heavy atom. The van der Waals surface area contributed by atoms with Gasteiger partial charge in [-0.05, 0) is 24.2 Å². The van der Waals surface area contributed by atoms with Crippen LogP contribution < -0.4 is 5.56 Å². The lowest BCUT2D eigenvalue weighted by Gasteiger charge is -2.17. The number of alkyl halides is 3. The fraction of sp³-hybridized carbons (Fsp3) is 0.467. The smallest absolute Gasteiger partial charge is 0.361 e. The summed E-state index contributed by atoms with van der Waals surface area (Å²) < 4.78 is 45.6. The van der Waals surface area contributed by atoms with Gasteiger partial charge in [0, 0.05) is 19.7 Å². The van der Waals surface area contributed by atoms with Crippen LogP contribution in [0.25, 0.3) is 11.0 Å². The van der Waals surface area contributed by atoms with Crippen molar-refractivity contribution in [3.8, 4) is 0 Å². The first kappa shape index (κ1) is 18.9. The summed E-state index contributed by atoms with van der Waals surface area (Å²) in [7, 11) is -1.33. The lowest BCUT2D eigenvalue weighted by molar-refractivity contribution is -0.142. The molecule has 0 saturated heterocycles. The van der Waals surface area contributed by atoms with Crippen LogP contribution in [-0.4, -0.2) is 24.2 Å². The maximum absolute atomic E-state index is 13.1. The fourth-order valence-corrected chi connectivity index (χ4v) is 2.99. The Kier molecular flexibility index (Phi) is 5.41. The van der Waals surface area contributed by atoms with Gasteiger partial charge in [-0.3, -0.25) is 9.36 Å². The quantitative estimate of drug-likeness (QED) is 0.572. The number of aromatic nitrogens is 2. The zero-order chi connectivity index (χ0) is 18.1. The van der Waals surface area contributed by atoms with E-state index in [4.69, 9.17) is 16.3 Å². The van der Waals surface area contributed by atoms with Crippen molar-refractivity contribution in [2.75, 3.05) is 6.61 Å². The van der Waals surface area contributed by atoms with Crippen molar-refractivity contribution >= 4 is 30.7 Å². The molecule has 0 fully saturated rings. The molecule has 0 aliphatic rings. The summed E-state index contributed by atoms with van der Waals surface area (Å²) >= 11 is 5.82. The average molecular weight is 379 g/mol. The predicted molar refractivity (Wildman–Crippen MR) is 90.1 cm³/mol. The zero-order valence-electron chi connectivity index (χ0n) is 13.6. The van der Waals surface area contributed by atoms with Gasteiger partial charge >= 0.3 is 6.18 Å². The monoisotopic (exact) mass is 378 g/mol. The Morgan fingerprint density at radius 2 is 1.96 bits per heavy atom. The second kappa shape index (κ2) is 6.85.